The van der Waals surface area contributed by atoms with E-state index < -0.39 is 15.9 Å². The molecular formula is C19H24N2O4S. The molecule has 0 radical (unpaired) electrons. The summed E-state index contributed by atoms with van der Waals surface area (Å²) in [5.74, 6) is 0.255. The highest BCUT2D eigenvalue weighted by atomic mass is 32.2. The molecule has 2 N–H and O–H groups in total. The second-order valence-corrected chi connectivity index (χ2v) is 7.83. The number of ether oxygens (including phenoxy) is 1. The maximum atomic E-state index is 12.2. The molecule has 140 valence electrons. The van der Waals surface area contributed by atoms with Crippen molar-refractivity contribution in [1.29, 1.82) is 0 Å². The van der Waals surface area contributed by atoms with Gasteiger partial charge < -0.3 is 10.1 Å². The van der Waals surface area contributed by atoms with Gasteiger partial charge in [-0.05, 0) is 62.2 Å². The fraction of sp³-hybridized carbons (Fsp3) is 0.316. The molecule has 7 heteroatoms. The second-order valence-electron chi connectivity index (χ2n) is 6.06. The summed E-state index contributed by atoms with van der Waals surface area (Å²) in [4.78, 5) is 12.1. The van der Waals surface area contributed by atoms with Gasteiger partial charge in [-0.2, -0.15) is 0 Å². The van der Waals surface area contributed by atoms with Crippen LogP contribution in [0.5, 0.6) is 5.75 Å². The van der Waals surface area contributed by atoms with Crippen molar-refractivity contribution in [2.75, 3.05) is 11.9 Å². The summed E-state index contributed by atoms with van der Waals surface area (Å²) in [6.45, 7) is 5.50. The number of amides is 1. The van der Waals surface area contributed by atoms with Gasteiger partial charge in [0, 0.05) is 5.69 Å². The highest BCUT2D eigenvalue weighted by Gasteiger charge is 2.15. The van der Waals surface area contributed by atoms with Crippen LogP contribution in [0.25, 0.3) is 0 Å². The van der Waals surface area contributed by atoms with Crippen molar-refractivity contribution >= 4 is 21.6 Å². The summed E-state index contributed by atoms with van der Waals surface area (Å²) < 4.78 is 32.3. The van der Waals surface area contributed by atoms with E-state index in [4.69, 9.17) is 4.74 Å². The van der Waals surface area contributed by atoms with E-state index in [0.29, 0.717) is 11.4 Å². The third kappa shape index (κ3) is 5.86. The van der Waals surface area contributed by atoms with Crippen molar-refractivity contribution in [3.05, 3.63) is 54.1 Å². The van der Waals surface area contributed by atoms with Crippen LogP contribution in [-0.4, -0.2) is 27.0 Å². The number of rotatable bonds is 8. The van der Waals surface area contributed by atoms with Gasteiger partial charge in [-0.15, -0.1) is 0 Å². The maximum absolute atomic E-state index is 12.2. The topological polar surface area (TPSA) is 84.5 Å². The first-order chi connectivity index (χ1) is 12.3. The van der Waals surface area contributed by atoms with Gasteiger partial charge >= 0.3 is 0 Å². The van der Waals surface area contributed by atoms with E-state index in [9.17, 15) is 13.2 Å². The fourth-order valence-electron chi connectivity index (χ4n) is 2.24. The van der Waals surface area contributed by atoms with Gasteiger partial charge in [0.1, 0.15) is 5.75 Å². The van der Waals surface area contributed by atoms with Crippen LogP contribution in [0.15, 0.2) is 53.4 Å². The average molecular weight is 376 g/mol. The van der Waals surface area contributed by atoms with E-state index in [1.807, 2.05) is 20.8 Å². The van der Waals surface area contributed by atoms with Crippen LogP contribution in [-0.2, 0) is 21.2 Å². The molecule has 0 saturated heterocycles. The van der Waals surface area contributed by atoms with Gasteiger partial charge in [-0.3, -0.25) is 4.79 Å². The third-order valence-corrected chi connectivity index (χ3v) is 4.99. The number of nitrogens with one attached hydrogen (secondary N) is 2. The zero-order valence-corrected chi connectivity index (χ0v) is 16.0. The number of hydrogen-bond acceptors (Lipinski definition) is 4. The lowest BCUT2D eigenvalue weighted by Gasteiger charge is -2.11. The first-order valence-corrected chi connectivity index (χ1v) is 9.93. The van der Waals surface area contributed by atoms with Gasteiger partial charge in [0.2, 0.25) is 15.9 Å². The van der Waals surface area contributed by atoms with Crippen LogP contribution in [0.3, 0.4) is 0 Å². The first-order valence-electron chi connectivity index (χ1n) is 8.45. The van der Waals surface area contributed by atoms with Crippen LogP contribution >= 0.6 is 0 Å². The van der Waals surface area contributed by atoms with Crippen LogP contribution in [0.1, 0.15) is 26.3 Å². The molecule has 0 heterocycles. The van der Waals surface area contributed by atoms with Crippen molar-refractivity contribution in [2.24, 2.45) is 0 Å². The van der Waals surface area contributed by atoms with Crippen molar-refractivity contribution in [3.8, 4) is 5.75 Å². The SMILES string of the molecule is CCc1ccc(S(=O)(=O)NCC(=O)Nc2ccc(OC(C)C)cc2)cc1. The molecule has 0 aliphatic rings. The predicted molar refractivity (Wildman–Crippen MR) is 102 cm³/mol. The monoisotopic (exact) mass is 376 g/mol. The highest BCUT2D eigenvalue weighted by molar-refractivity contribution is 7.89. The average Bonchev–Trinajstić information content (AvgIpc) is 2.61. The van der Waals surface area contributed by atoms with E-state index in [-0.39, 0.29) is 17.5 Å². The first kappa shape index (κ1) is 19.9. The predicted octanol–water partition coefficient (Wildman–Crippen LogP) is 2.95. The van der Waals surface area contributed by atoms with Crippen LogP contribution in [0, 0.1) is 0 Å². The van der Waals surface area contributed by atoms with E-state index in [2.05, 4.69) is 10.0 Å². The Morgan fingerprint density at radius 3 is 2.19 bits per heavy atom. The summed E-state index contributed by atoms with van der Waals surface area (Å²) >= 11 is 0. The summed E-state index contributed by atoms with van der Waals surface area (Å²) in [7, 11) is -3.72. The zero-order chi connectivity index (χ0) is 19.2. The number of sulfonamides is 1. The van der Waals surface area contributed by atoms with Crippen LogP contribution in [0.2, 0.25) is 0 Å². The molecule has 2 rings (SSSR count). The maximum Gasteiger partial charge on any atom is 0.241 e. The van der Waals surface area contributed by atoms with Crippen molar-refractivity contribution < 1.29 is 17.9 Å². The Labute approximate surface area is 154 Å². The summed E-state index contributed by atoms with van der Waals surface area (Å²) in [5, 5.41) is 2.64. The van der Waals surface area contributed by atoms with Gasteiger partial charge in [-0.25, -0.2) is 13.1 Å². The summed E-state index contributed by atoms with van der Waals surface area (Å²) in [6.07, 6.45) is 0.896. The Balaban J connectivity index is 1.90. The van der Waals surface area contributed by atoms with Gasteiger partial charge in [0.25, 0.3) is 0 Å². The summed E-state index contributed by atoms with van der Waals surface area (Å²) in [5.41, 5.74) is 1.61. The smallest absolute Gasteiger partial charge is 0.241 e. The van der Waals surface area contributed by atoms with Crippen molar-refractivity contribution in [1.82, 2.24) is 4.72 Å². The Morgan fingerprint density at radius 2 is 1.65 bits per heavy atom. The van der Waals surface area contributed by atoms with Gasteiger partial charge in [0.05, 0.1) is 17.5 Å². The lowest BCUT2D eigenvalue weighted by atomic mass is 10.2. The molecule has 0 spiro atoms. The van der Waals surface area contributed by atoms with Gasteiger partial charge in [-0.1, -0.05) is 19.1 Å². The standard InChI is InChI=1S/C19H24N2O4S/c1-4-15-5-11-18(12-6-15)26(23,24)20-13-19(22)21-16-7-9-17(10-8-16)25-14(2)3/h5-12,14,20H,4,13H2,1-3H3,(H,21,22). The minimum absolute atomic E-state index is 0.0660. The number of carbonyl (C=O) groups excluding carboxylic acids is 1. The number of anilines is 1. The summed E-state index contributed by atoms with van der Waals surface area (Å²) in [6, 6.07) is 13.5. The molecule has 0 bridgehead atoms. The lowest BCUT2D eigenvalue weighted by Crippen LogP contribution is -2.32. The minimum Gasteiger partial charge on any atom is -0.491 e. The van der Waals surface area contributed by atoms with E-state index in [1.54, 1.807) is 36.4 Å². The quantitative estimate of drug-likeness (QED) is 0.742. The molecule has 2 aromatic rings. The Hall–Kier alpha value is -2.38. The van der Waals surface area contributed by atoms with Crippen molar-refractivity contribution in [2.45, 2.75) is 38.2 Å². The molecule has 0 unspecified atom stereocenters. The number of hydrogen-bond donors (Lipinski definition) is 2. The van der Waals surface area contributed by atoms with Crippen LogP contribution < -0.4 is 14.8 Å². The van der Waals surface area contributed by atoms with E-state index in [1.165, 1.54) is 12.1 Å². The molecule has 0 atom stereocenters. The normalized spacial score (nSPS) is 11.4. The van der Waals surface area contributed by atoms with Crippen LogP contribution in [0.4, 0.5) is 5.69 Å². The molecular weight excluding hydrogens is 352 g/mol. The molecule has 2 aromatic carbocycles. The van der Waals surface area contributed by atoms with E-state index in [0.717, 1.165) is 12.0 Å². The second kappa shape index (κ2) is 8.82. The molecule has 0 aromatic heterocycles. The molecule has 0 aliphatic carbocycles. The Morgan fingerprint density at radius 1 is 1.04 bits per heavy atom. The molecule has 6 nitrogen and oxygen atoms in total. The molecule has 0 saturated carbocycles. The number of carbonyl (C=O) groups is 1. The highest BCUT2D eigenvalue weighted by Crippen LogP contribution is 2.17. The molecule has 0 fully saturated rings. The van der Waals surface area contributed by atoms with Gasteiger partial charge in [0.15, 0.2) is 0 Å². The zero-order valence-electron chi connectivity index (χ0n) is 15.2. The molecule has 1 amide bonds. The van der Waals surface area contributed by atoms with Crippen molar-refractivity contribution in [3.63, 3.8) is 0 Å². The van der Waals surface area contributed by atoms with E-state index >= 15 is 0 Å². The third-order valence-electron chi connectivity index (χ3n) is 3.57. The Bertz CT molecular complexity index is 829. The number of aryl methyl sites for hydroxylation is 1. The Kier molecular flexibility index (Phi) is 6.76. The number of benzene rings is 2. The lowest BCUT2D eigenvalue weighted by molar-refractivity contribution is -0.115. The molecule has 26 heavy (non-hydrogen) atoms. The molecule has 0 aliphatic heterocycles. The fourth-order valence-corrected chi connectivity index (χ4v) is 3.22. The minimum atomic E-state index is -3.72. The largest absolute Gasteiger partial charge is 0.491 e.